The summed E-state index contributed by atoms with van der Waals surface area (Å²) in [5, 5.41) is 0. The molecule has 0 heterocycles. The van der Waals surface area contributed by atoms with Crippen LogP contribution in [-0.2, 0) is 28.7 Å². The number of carbonyl (C=O) groups is 4. The van der Waals surface area contributed by atoms with Crippen molar-refractivity contribution >= 4 is 23.9 Å². The summed E-state index contributed by atoms with van der Waals surface area (Å²) in [4.78, 5) is 41.6. The number of rotatable bonds is 4. The maximum Gasteiger partial charge on any atom is 0.316 e. The third kappa shape index (κ3) is 14.2. The lowest BCUT2D eigenvalue weighted by atomic mass is 10.2. The fourth-order valence-electron chi connectivity index (χ4n) is 0.718. The van der Waals surface area contributed by atoms with Crippen molar-refractivity contribution in [3.05, 3.63) is 0 Å². The van der Waals surface area contributed by atoms with Gasteiger partial charge in [-0.15, -0.1) is 0 Å². The average molecular weight is 274 g/mol. The first kappa shape index (κ1) is 19.6. The van der Waals surface area contributed by atoms with Gasteiger partial charge in [0.25, 0.3) is 0 Å². The lowest BCUT2D eigenvalue weighted by molar-refractivity contribution is -0.162. The molecular weight excluding hydrogens is 252 g/mol. The van der Waals surface area contributed by atoms with E-state index < -0.39 is 23.9 Å². The van der Waals surface area contributed by atoms with E-state index in [9.17, 15) is 19.2 Å². The van der Waals surface area contributed by atoms with E-state index >= 15 is 0 Å². The van der Waals surface area contributed by atoms with Crippen molar-refractivity contribution in [1.82, 2.24) is 0 Å². The molecule has 110 valence electrons. The highest BCUT2D eigenvalue weighted by atomic mass is 16.6. The Hall–Kier alpha value is -1.72. The summed E-state index contributed by atoms with van der Waals surface area (Å²) in [7, 11) is 0. The van der Waals surface area contributed by atoms with Crippen LogP contribution in [0, 0.1) is 5.92 Å². The van der Waals surface area contributed by atoms with Crippen LogP contribution >= 0.6 is 0 Å². The molecule has 0 atom stereocenters. The quantitative estimate of drug-likeness (QED) is 0.575. The van der Waals surface area contributed by atoms with Crippen LogP contribution in [0.15, 0.2) is 0 Å². The molecule has 0 saturated heterocycles. The van der Waals surface area contributed by atoms with Crippen LogP contribution in [0.25, 0.3) is 0 Å². The molecule has 0 radical (unpaired) electrons. The zero-order chi connectivity index (χ0) is 15.4. The summed E-state index contributed by atoms with van der Waals surface area (Å²) >= 11 is 0. The van der Waals surface area contributed by atoms with Gasteiger partial charge in [0.05, 0.1) is 5.92 Å². The van der Waals surface area contributed by atoms with Crippen LogP contribution in [0.1, 0.15) is 53.9 Å². The second-order valence-corrected chi connectivity index (χ2v) is 4.02. The Labute approximate surface area is 113 Å². The molecule has 0 aliphatic carbocycles. The van der Waals surface area contributed by atoms with Gasteiger partial charge in [-0.05, 0) is 6.42 Å². The normalized spacial score (nSPS) is 9.16. The SMILES string of the molecule is CCC(=O)OC(C)=O.CCCC(=O)OC(=O)C(C)C. The molecule has 0 spiro atoms. The van der Waals surface area contributed by atoms with Crippen molar-refractivity contribution in [2.24, 2.45) is 5.92 Å². The van der Waals surface area contributed by atoms with E-state index in [1.165, 1.54) is 6.92 Å². The van der Waals surface area contributed by atoms with Crippen LogP contribution in [0.2, 0.25) is 0 Å². The summed E-state index contributed by atoms with van der Waals surface area (Å²) < 4.78 is 8.60. The van der Waals surface area contributed by atoms with Gasteiger partial charge in [-0.25, -0.2) is 0 Å². The minimum Gasteiger partial charge on any atom is -0.393 e. The number of esters is 4. The summed E-state index contributed by atoms with van der Waals surface area (Å²) in [6, 6.07) is 0. The summed E-state index contributed by atoms with van der Waals surface area (Å²) in [5.74, 6) is -2.11. The maximum absolute atomic E-state index is 10.8. The fraction of sp³-hybridized carbons (Fsp3) is 0.692. The first-order chi connectivity index (χ1) is 8.74. The van der Waals surface area contributed by atoms with Gasteiger partial charge >= 0.3 is 23.9 Å². The standard InChI is InChI=1S/C8H14O3.C5H8O3/c1-4-5-7(9)11-8(10)6(2)3;1-3-5(7)8-4(2)6/h6H,4-5H2,1-3H3;3H2,1-2H3. The van der Waals surface area contributed by atoms with E-state index in [2.05, 4.69) is 9.47 Å². The molecule has 0 aromatic carbocycles. The van der Waals surface area contributed by atoms with Crippen LogP contribution in [-0.4, -0.2) is 23.9 Å². The second-order valence-electron chi connectivity index (χ2n) is 4.02. The Balaban J connectivity index is 0. The molecule has 0 saturated carbocycles. The van der Waals surface area contributed by atoms with E-state index in [0.717, 1.165) is 0 Å². The molecule has 0 unspecified atom stereocenters. The van der Waals surface area contributed by atoms with Crippen LogP contribution in [0.4, 0.5) is 0 Å². The van der Waals surface area contributed by atoms with Crippen LogP contribution in [0.5, 0.6) is 0 Å². The van der Waals surface area contributed by atoms with Crippen molar-refractivity contribution in [3.8, 4) is 0 Å². The van der Waals surface area contributed by atoms with E-state index in [1.54, 1.807) is 20.8 Å². The average Bonchev–Trinajstić information content (AvgIpc) is 2.28. The maximum atomic E-state index is 10.8. The highest BCUT2D eigenvalue weighted by molar-refractivity contribution is 5.86. The van der Waals surface area contributed by atoms with Gasteiger partial charge in [0.2, 0.25) is 0 Å². The predicted molar refractivity (Wildman–Crippen MR) is 67.9 cm³/mol. The summed E-state index contributed by atoms with van der Waals surface area (Å²) in [5.41, 5.74) is 0. The lowest BCUT2D eigenvalue weighted by Crippen LogP contribution is -2.16. The third-order valence-corrected chi connectivity index (χ3v) is 1.69. The lowest BCUT2D eigenvalue weighted by Gasteiger charge is -2.03. The zero-order valence-corrected chi connectivity index (χ0v) is 12.1. The van der Waals surface area contributed by atoms with Gasteiger partial charge in [0.1, 0.15) is 0 Å². The second kappa shape index (κ2) is 11.4. The van der Waals surface area contributed by atoms with Crippen LogP contribution < -0.4 is 0 Å². The van der Waals surface area contributed by atoms with Gasteiger partial charge < -0.3 is 9.47 Å². The van der Waals surface area contributed by atoms with E-state index in [0.29, 0.717) is 12.8 Å². The van der Waals surface area contributed by atoms with Crippen molar-refractivity contribution in [2.75, 3.05) is 0 Å². The molecule has 0 amide bonds. The van der Waals surface area contributed by atoms with Crippen molar-refractivity contribution < 1.29 is 28.7 Å². The first-order valence-corrected chi connectivity index (χ1v) is 6.20. The van der Waals surface area contributed by atoms with Gasteiger partial charge in [0, 0.05) is 19.8 Å². The van der Waals surface area contributed by atoms with Crippen LogP contribution in [0.3, 0.4) is 0 Å². The minimum atomic E-state index is -0.545. The largest absolute Gasteiger partial charge is 0.393 e. The van der Waals surface area contributed by atoms with Gasteiger partial charge in [-0.3, -0.25) is 19.2 Å². The highest BCUT2D eigenvalue weighted by Crippen LogP contribution is 1.98. The number of hydrogen-bond acceptors (Lipinski definition) is 6. The minimum absolute atomic E-state index is 0.226. The Morgan fingerprint density at radius 3 is 1.74 bits per heavy atom. The third-order valence-electron chi connectivity index (χ3n) is 1.69. The van der Waals surface area contributed by atoms with E-state index in [4.69, 9.17) is 0 Å². The van der Waals surface area contributed by atoms with Gasteiger partial charge in [-0.1, -0.05) is 27.7 Å². The Kier molecular flexibility index (Phi) is 11.7. The van der Waals surface area contributed by atoms with Gasteiger partial charge in [0.15, 0.2) is 0 Å². The first-order valence-electron chi connectivity index (χ1n) is 6.20. The molecule has 0 aliphatic heterocycles. The molecule has 0 rings (SSSR count). The number of hydrogen-bond donors (Lipinski definition) is 0. The zero-order valence-electron chi connectivity index (χ0n) is 12.1. The van der Waals surface area contributed by atoms with Crippen molar-refractivity contribution in [2.45, 2.75) is 53.9 Å². The molecule has 0 aromatic rings. The number of carbonyl (C=O) groups excluding carboxylic acids is 4. The molecule has 0 N–H and O–H groups in total. The molecular formula is C13H22O6. The molecule has 6 heteroatoms. The fourth-order valence-corrected chi connectivity index (χ4v) is 0.718. The molecule has 19 heavy (non-hydrogen) atoms. The van der Waals surface area contributed by atoms with Gasteiger partial charge in [-0.2, -0.15) is 0 Å². The molecule has 0 fully saturated rings. The molecule has 6 nitrogen and oxygen atoms in total. The van der Waals surface area contributed by atoms with E-state index in [1.807, 2.05) is 6.92 Å². The van der Waals surface area contributed by atoms with E-state index in [-0.39, 0.29) is 12.3 Å². The smallest absolute Gasteiger partial charge is 0.316 e. The molecule has 0 aromatic heterocycles. The Morgan fingerprint density at radius 2 is 1.47 bits per heavy atom. The summed E-state index contributed by atoms with van der Waals surface area (Å²) in [6.07, 6.45) is 1.28. The Bertz CT molecular complexity index is 319. The van der Waals surface area contributed by atoms with Crippen molar-refractivity contribution in [1.29, 1.82) is 0 Å². The molecule has 0 bridgehead atoms. The summed E-state index contributed by atoms with van der Waals surface area (Å²) in [6.45, 7) is 8.09. The number of ether oxygens (including phenoxy) is 2. The monoisotopic (exact) mass is 274 g/mol. The highest BCUT2D eigenvalue weighted by Gasteiger charge is 2.12. The Morgan fingerprint density at radius 1 is 0.947 bits per heavy atom. The molecule has 0 aliphatic rings. The van der Waals surface area contributed by atoms with Crippen molar-refractivity contribution in [3.63, 3.8) is 0 Å². The predicted octanol–water partition coefficient (Wildman–Crippen LogP) is 2.00. The topological polar surface area (TPSA) is 86.7 Å².